The van der Waals surface area contributed by atoms with Gasteiger partial charge in [-0.1, -0.05) is 18.3 Å². The van der Waals surface area contributed by atoms with Crippen LogP contribution < -0.4 is 15.5 Å². The number of H-pyrrole nitrogens is 1. The molecule has 0 fully saturated rings. The normalized spacial score (nSPS) is 10.4. The monoisotopic (exact) mass is 279 g/mol. The zero-order valence-electron chi connectivity index (χ0n) is 11.0. The molecule has 0 aliphatic rings. The molecule has 2 aromatic heterocycles. The van der Waals surface area contributed by atoms with Crippen LogP contribution in [-0.2, 0) is 13.0 Å². The van der Waals surface area contributed by atoms with Crippen molar-refractivity contribution in [1.82, 2.24) is 15.0 Å². The maximum atomic E-state index is 11.0. The Morgan fingerprint density at radius 1 is 1.26 bits per heavy atom. The van der Waals surface area contributed by atoms with Crippen LogP contribution in [0.2, 0.25) is 0 Å². The van der Waals surface area contributed by atoms with Gasteiger partial charge in [-0.3, -0.25) is 4.79 Å². The highest BCUT2D eigenvalue weighted by molar-refractivity contribution is 7.07. The first-order valence-electron chi connectivity index (χ1n) is 6.23. The molecule has 0 amide bonds. The number of aryl methyl sites for hydroxylation is 1. The Bertz CT molecular complexity index is 592. The van der Waals surface area contributed by atoms with Gasteiger partial charge in [0.25, 0.3) is 0 Å². The van der Waals surface area contributed by atoms with Gasteiger partial charge in [-0.05, 0) is 6.92 Å². The third-order valence-electron chi connectivity index (χ3n) is 2.48. The maximum absolute atomic E-state index is 11.0. The van der Waals surface area contributed by atoms with Gasteiger partial charge in [-0.15, -0.1) is 0 Å². The fourth-order valence-corrected chi connectivity index (χ4v) is 2.19. The molecule has 0 atom stereocenters. The molecular weight excluding hydrogens is 262 g/mol. The summed E-state index contributed by atoms with van der Waals surface area (Å²) in [6.45, 7) is 5.41. The van der Waals surface area contributed by atoms with Crippen molar-refractivity contribution >= 4 is 23.0 Å². The lowest BCUT2D eigenvalue weighted by Crippen LogP contribution is -2.08. The number of anilines is 2. The summed E-state index contributed by atoms with van der Waals surface area (Å²) in [7, 11) is 0. The number of rotatable bonds is 6. The van der Waals surface area contributed by atoms with E-state index in [0.717, 1.165) is 47.5 Å². The molecule has 0 spiro atoms. The lowest BCUT2D eigenvalue weighted by molar-refractivity contribution is 0.926. The zero-order valence-corrected chi connectivity index (χ0v) is 11.8. The minimum absolute atomic E-state index is 0.0397. The molecule has 2 heterocycles. The molecule has 6 nitrogen and oxygen atoms in total. The van der Waals surface area contributed by atoms with E-state index in [1.165, 1.54) is 0 Å². The molecular formula is C12H17N5OS. The average molecular weight is 279 g/mol. The van der Waals surface area contributed by atoms with Crippen LogP contribution in [0.1, 0.15) is 25.4 Å². The van der Waals surface area contributed by atoms with Gasteiger partial charge < -0.3 is 15.6 Å². The highest BCUT2D eigenvalue weighted by Crippen LogP contribution is 2.12. The Morgan fingerprint density at radius 3 is 2.58 bits per heavy atom. The molecule has 0 unspecified atom stereocenters. The predicted octanol–water partition coefficient (Wildman–Crippen LogP) is 1.83. The number of nitrogens with one attached hydrogen (secondary N) is 3. The van der Waals surface area contributed by atoms with Crippen LogP contribution in [0.15, 0.2) is 16.2 Å². The first kappa shape index (κ1) is 13.5. The molecule has 0 aromatic carbocycles. The van der Waals surface area contributed by atoms with Crippen molar-refractivity contribution in [3.8, 4) is 0 Å². The van der Waals surface area contributed by atoms with Gasteiger partial charge in [-0.25, -0.2) is 9.97 Å². The Kier molecular flexibility index (Phi) is 4.51. The van der Waals surface area contributed by atoms with Gasteiger partial charge in [0.2, 0.25) is 0 Å². The highest BCUT2D eigenvalue weighted by atomic mass is 32.1. The van der Waals surface area contributed by atoms with Crippen LogP contribution in [0.4, 0.5) is 11.6 Å². The van der Waals surface area contributed by atoms with Crippen LogP contribution in [0.5, 0.6) is 0 Å². The third-order valence-corrected chi connectivity index (χ3v) is 3.20. The van der Waals surface area contributed by atoms with Gasteiger partial charge in [0.15, 0.2) is 0 Å². The van der Waals surface area contributed by atoms with Crippen molar-refractivity contribution in [1.29, 1.82) is 0 Å². The van der Waals surface area contributed by atoms with Crippen molar-refractivity contribution in [2.24, 2.45) is 0 Å². The highest BCUT2D eigenvalue weighted by Gasteiger charge is 2.03. The van der Waals surface area contributed by atoms with E-state index in [-0.39, 0.29) is 4.87 Å². The number of hydrogen-bond donors (Lipinski definition) is 3. The summed E-state index contributed by atoms with van der Waals surface area (Å²) in [6.07, 6.45) is 0.781. The second kappa shape index (κ2) is 6.33. The van der Waals surface area contributed by atoms with Crippen molar-refractivity contribution in [3.05, 3.63) is 32.6 Å². The summed E-state index contributed by atoms with van der Waals surface area (Å²) < 4.78 is 0. The number of aromatic amines is 1. The SMILES string of the molecule is CCNc1cc(NCc2csc(=O)[nH]2)nc(CC)n1. The van der Waals surface area contributed by atoms with Crippen LogP contribution in [-0.4, -0.2) is 21.5 Å². The second-order valence-electron chi connectivity index (χ2n) is 3.97. The number of nitrogens with zero attached hydrogens (tertiary/aromatic N) is 2. The Morgan fingerprint density at radius 2 is 2.00 bits per heavy atom. The van der Waals surface area contributed by atoms with Crippen molar-refractivity contribution < 1.29 is 0 Å². The quantitative estimate of drug-likeness (QED) is 0.751. The molecule has 0 saturated heterocycles. The van der Waals surface area contributed by atoms with Crippen LogP contribution in [0.25, 0.3) is 0 Å². The first-order valence-corrected chi connectivity index (χ1v) is 7.11. The number of aromatic nitrogens is 3. The summed E-state index contributed by atoms with van der Waals surface area (Å²) in [6, 6.07) is 1.87. The van der Waals surface area contributed by atoms with E-state index < -0.39 is 0 Å². The Labute approximate surface area is 115 Å². The lowest BCUT2D eigenvalue weighted by atomic mass is 10.4. The van der Waals surface area contributed by atoms with E-state index in [1.54, 1.807) is 0 Å². The third kappa shape index (κ3) is 3.78. The van der Waals surface area contributed by atoms with Gasteiger partial charge in [0.05, 0.1) is 6.54 Å². The largest absolute Gasteiger partial charge is 0.370 e. The second-order valence-corrected chi connectivity index (χ2v) is 4.81. The summed E-state index contributed by atoms with van der Waals surface area (Å²) in [5.74, 6) is 2.37. The maximum Gasteiger partial charge on any atom is 0.304 e. The summed E-state index contributed by atoms with van der Waals surface area (Å²) in [5, 5.41) is 8.18. The average Bonchev–Trinajstić information content (AvgIpc) is 2.82. The van der Waals surface area contributed by atoms with E-state index in [4.69, 9.17) is 0 Å². The predicted molar refractivity (Wildman–Crippen MR) is 77.8 cm³/mol. The van der Waals surface area contributed by atoms with Gasteiger partial charge in [-0.2, -0.15) is 0 Å². The van der Waals surface area contributed by atoms with Crippen LogP contribution >= 0.6 is 11.3 Å². The van der Waals surface area contributed by atoms with Gasteiger partial charge in [0.1, 0.15) is 17.5 Å². The summed E-state index contributed by atoms with van der Waals surface area (Å²) in [4.78, 5) is 22.5. The fraction of sp³-hybridized carbons (Fsp3) is 0.417. The molecule has 19 heavy (non-hydrogen) atoms. The first-order chi connectivity index (χ1) is 9.21. The smallest absolute Gasteiger partial charge is 0.304 e. The van der Waals surface area contributed by atoms with Crippen molar-refractivity contribution in [3.63, 3.8) is 0 Å². The number of hydrogen-bond acceptors (Lipinski definition) is 6. The van der Waals surface area contributed by atoms with E-state index in [1.807, 2.05) is 25.3 Å². The van der Waals surface area contributed by atoms with E-state index in [0.29, 0.717) is 6.54 Å². The van der Waals surface area contributed by atoms with E-state index in [2.05, 4.69) is 25.6 Å². The molecule has 0 radical (unpaired) electrons. The minimum Gasteiger partial charge on any atom is -0.370 e. The Balaban J connectivity index is 2.10. The molecule has 3 N–H and O–H groups in total. The van der Waals surface area contributed by atoms with E-state index in [9.17, 15) is 4.79 Å². The fourth-order valence-electron chi connectivity index (χ4n) is 1.60. The van der Waals surface area contributed by atoms with Crippen molar-refractivity contribution in [2.45, 2.75) is 26.8 Å². The van der Waals surface area contributed by atoms with Crippen LogP contribution in [0.3, 0.4) is 0 Å². The molecule has 0 aliphatic heterocycles. The standard InChI is InChI=1S/C12H17N5OS/c1-3-9-16-10(13-4-2)5-11(17-9)14-6-8-7-19-12(18)15-8/h5,7H,3-4,6H2,1-2H3,(H,15,18)(H2,13,14,16,17). The lowest BCUT2D eigenvalue weighted by Gasteiger charge is -2.09. The molecule has 0 bridgehead atoms. The molecule has 0 aliphatic carbocycles. The molecule has 0 saturated carbocycles. The van der Waals surface area contributed by atoms with Crippen LogP contribution in [0, 0.1) is 0 Å². The molecule has 2 aromatic rings. The molecule has 7 heteroatoms. The van der Waals surface area contributed by atoms with Gasteiger partial charge >= 0.3 is 4.87 Å². The summed E-state index contributed by atoms with van der Waals surface area (Å²) >= 11 is 1.16. The number of thiazole rings is 1. The van der Waals surface area contributed by atoms with E-state index >= 15 is 0 Å². The Hall–Kier alpha value is -1.89. The molecule has 2 rings (SSSR count). The zero-order chi connectivity index (χ0) is 13.7. The van der Waals surface area contributed by atoms with Gasteiger partial charge in [0, 0.05) is 30.1 Å². The summed E-state index contributed by atoms with van der Waals surface area (Å²) in [5.41, 5.74) is 0.858. The topological polar surface area (TPSA) is 82.7 Å². The minimum atomic E-state index is -0.0397. The van der Waals surface area contributed by atoms with Crippen molar-refractivity contribution in [2.75, 3.05) is 17.2 Å². The molecule has 102 valence electrons.